The number of nitrogens with one attached hydrogen (secondary N) is 1. The number of aliphatic carboxylic acids is 1. The lowest BCUT2D eigenvalue weighted by molar-refractivity contribution is -0.146. The number of esters is 1. The standard InChI is InChI=1S/C21H24Cl2N2O5S/c1-2-11-30-20(28)17(24-12-14-7-4-3-5-8-14)18-25-16(19(26)27)15(13-31-18)9-6-10-21(22,23)29/h3-10,17-18,24,29H,2,11-13H2,1H3,(H,26,27)/b10-6+,15-9+. The number of thioether (sulfide) groups is 1. The molecule has 3 N–H and O–H groups in total. The first-order valence-electron chi connectivity index (χ1n) is 9.57. The topological polar surface area (TPSA) is 108 Å². The number of aliphatic imine (C=N–C) groups is 1. The minimum atomic E-state index is -2.06. The van der Waals surface area contributed by atoms with Crippen LogP contribution in [0.2, 0.25) is 0 Å². The van der Waals surface area contributed by atoms with Crippen LogP contribution in [0.25, 0.3) is 0 Å². The van der Waals surface area contributed by atoms with Crippen molar-refractivity contribution in [3.63, 3.8) is 0 Å². The summed E-state index contributed by atoms with van der Waals surface area (Å²) < 4.78 is 3.25. The number of carbonyl (C=O) groups is 2. The third kappa shape index (κ3) is 8.66. The maximum atomic E-state index is 12.7. The molecule has 10 heteroatoms. The van der Waals surface area contributed by atoms with Gasteiger partial charge in [-0.15, -0.1) is 11.8 Å². The van der Waals surface area contributed by atoms with E-state index in [0.717, 1.165) is 11.6 Å². The molecule has 168 valence electrons. The van der Waals surface area contributed by atoms with Crippen molar-refractivity contribution in [2.45, 2.75) is 35.8 Å². The largest absolute Gasteiger partial charge is 0.477 e. The van der Waals surface area contributed by atoms with Crippen LogP contribution in [0, 0.1) is 0 Å². The van der Waals surface area contributed by atoms with E-state index in [1.165, 1.54) is 23.9 Å². The average molecular weight is 487 g/mol. The van der Waals surface area contributed by atoms with Gasteiger partial charge < -0.3 is 14.9 Å². The fraction of sp³-hybridized carbons (Fsp3) is 0.381. The minimum Gasteiger partial charge on any atom is -0.477 e. The number of hydrogen-bond acceptors (Lipinski definition) is 7. The Morgan fingerprint density at radius 1 is 1.39 bits per heavy atom. The van der Waals surface area contributed by atoms with Crippen molar-refractivity contribution in [3.05, 3.63) is 59.7 Å². The van der Waals surface area contributed by atoms with Gasteiger partial charge in [0.25, 0.3) is 0 Å². The summed E-state index contributed by atoms with van der Waals surface area (Å²) in [5, 5.41) is 21.4. The molecule has 2 rings (SSSR count). The van der Waals surface area contributed by atoms with Gasteiger partial charge in [0.15, 0.2) is 0 Å². The zero-order chi connectivity index (χ0) is 22.9. The van der Waals surface area contributed by atoms with Crippen LogP contribution in [0.4, 0.5) is 0 Å². The SMILES string of the molecule is CCCOC(=O)C(NCc1ccccc1)C1N=C(C(=O)O)/C(=C/C=C/C(O)(Cl)Cl)CS1. The number of aliphatic hydroxyl groups is 1. The monoisotopic (exact) mass is 486 g/mol. The summed E-state index contributed by atoms with van der Waals surface area (Å²) in [6.45, 7) is 2.56. The molecule has 0 amide bonds. The zero-order valence-electron chi connectivity index (χ0n) is 16.8. The van der Waals surface area contributed by atoms with Crippen LogP contribution in [-0.4, -0.2) is 56.2 Å². The van der Waals surface area contributed by atoms with Crippen LogP contribution in [0.5, 0.6) is 0 Å². The Hall–Kier alpha value is -1.84. The van der Waals surface area contributed by atoms with Crippen molar-refractivity contribution in [1.82, 2.24) is 5.32 Å². The highest BCUT2D eigenvalue weighted by molar-refractivity contribution is 8.00. The van der Waals surface area contributed by atoms with Gasteiger partial charge in [-0.1, -0.05) is 72.6 Å². The fourth-order valence-electron chi connectivity index (χ4n) is 2.68. The van der Waals surface area contributed by atoms with E-state index in [0.29, 0.717) is 18.5 Å². The van der Waals surface area contributed by atoms with E-state index in [9.17, 15) is 19.8 Å². The molecular weight excluding hydrogens is 463 g/mol. The average Bonchev–Trinajstić information content (AvgIpc) is 2.72. The molecule has 0 fully saturated rings. The molecule has 0 aliphatic carbocycles. The third-order valence-corrected chi connectivity index (χ3v) is 5.57. The zero-order valence-corrected chi connectivity index (χ0v) is 19.2. The number of carboxylic acids is 1. The molecule has 1 aliphatic rings. The normalized spacial score (nSPS) is 19.3. The van der Waals surface area contributed by atoms with Crippen LogP contribution >= 0.6 is 35.0 Å². The van der Waals surface area contributed by atoms with Gasteiger partial charge in [-0.2, -0.15) is 0 Å². The van der Waals surface area contributed by atoms with Crippen LogP contribution < -0.4 is 5.32 Å². The summed E-state index contributed by atoms with van der Waals surface area (Å²) in [7, 11) is 0. The molecule has 2 atom stereocenters. The Morgan fingerprint density at radius 3 is 2.71 bits per heavy atom. The van der Waals surface area contributed by atoms with Crippen LogP contribution in [0.3, 0.4) is 0 Å². The highest BCUT2D eigenvalue weighted by Crippen LogP contribution is 2.28. The third-order valence-electron chi connectivity index (χ3n) is 4.12. The van der Waals surface area contributed by atoms with Crippen LogP contribution in [-0.2, 0) is 20.9 Å². The molecule has 0 spiro atoms. The molecule has 0 saturated heterocycles. The van der Waals surface area contributed by atoms with Gasteiger partial charge in [0.2, 0.25) is 4.52 Å². The highest BCUT2D eigenvalue weighted by Gasteiger charge is 2.34. The lowest BCUT2D eigenvalue weighted by Crippen LogP contribution is -2.46. The first-order valence-corrected chi connectivity index (χ1v) is 11.4. The molecule has 0 bridgehead atoms. The first kappa shape index (κ1) is 25.4. The Labute approximate surface area is 195 Å². The number of alkyl halides is 2. The number of hydrogen-bond donors (Lipinski definition) is 3. The Kier molecular flexibility index (Phi) is 10.1. The predicted octanol–water partition coefficient (Wildman–Crippen LogP) is 3.30. The highest BCUT2D eigenvalue weighted by atomic mass is 35.5. The van der Waals surface area contributed by atoms with E-state index in [1.54, 1.807) is 0 Å². The van der Waals surface area contributed by atoms with Crippen molar-refractivity contribution in [3.8, 4) is 0 Å². The van der Waals surface area contributed by atoms with Gasteiger partial charge in [0, 0.05) is 12.3 Å². The van der Waals surface area contributed by atoms with E-state index >= 15 is 0 Å². The van der Waals surface area contributed by atoms with Crippen molar-refractivity contribution < 1.29 is 24.5 Å². The number of carboxylic acid groups (broad SMARTS) is 1. The first-order chi connectivity index (χ1) is 14.7. The summed E-state index contributed by atoms with van der Waals surface area (Å²) in [6.07, 6.45) is 4.60. The van der Waals surface area contributed by atoms with Gasteiger partial charge in [-0.05, 0) is 23.6 Å². The van der Waals surface area contributed by atoms with E-state index in [2.05, 4.69) is 10.3 Å². The number of benzene rings is 1. The molecule has 1 aromatic carbocycles. The minimum absolute atomic E-state index is 0.170. The molecule has 0 aromatic heterocycles. The number of ether oxygens (including phenoxy) is 1. The molecule has 31 heavy (non-hydrogen) atoms. The summed E-state index contributed by atoms with van der Waals surface area (Å²) in [5.41, 5.74) is 1.21. The second kappa shape index (κ2) is 12.3. The maximum Gasteiger partial charge on any atom is 0.354 e. The summed E-state index contributed by atoms with van der Waals surface area (Å²) in [6, 6.07) is 8.70. The lowest BCUT2D eigenvalue weighted by Gasteiger charge is -2.27. The summed E-state index contributed by atoms with van der Waals surface area (Å²) in [5.74, 6) is -1.42. The van der Waals surface area contributed by atoms with Gasteiger partial charge in [0.05, 0.1) is 6.61 Å². The molecule has 1 aromatic rings. The molecular formula is C21H24Cl2N2O5S. The summed E-state index contributed by atoms with van der Waals surface area (Å²) in [4.78, 5) is 28.7. The molecule has 1 aliphatic heterocycles. The van der Waals surface area contributed by atoms with Crippen molar-refractivity contribution in [1.29, 1.82) is 0 Å². The van der Waals surface area contributed by atoms with Crippen molar-refractivity contribution >= 4 is 52.6 Å². The van der Waals surface area contributed by atoms with Gasteiger partial charge in [-0.25, -0.2) is 4.79 Å². The van der Waals surface area contributed by atoms with Gasteiger partial charge in [0.1, 0.15) is 17.1 Å². The van der Waals surface area contributed by atoms with E-state index in [4.69, 9.17) is 27.9 Å². The molecule has 7 nitrogen and oxygen atoms in total. The molecule has 0 radical (unpaired) electrons. The Balaban J connectivity index is 2.25. The van der Waals surface area contributed by atoms with Crippen LogP contribution in [0.1, 0.15) is 18.9 Å². The lowest BCUT2D eigenvalue weighted by atomic mass is 10.1. The van der Waals surface area contributed by atoms with Crippen molar-refractivity contribution in [2.75, 3.05) is 12.4 Å². The second-order valence-corrected chi connectivity index (χ2v) is 9.09. The number of allylic oxidation sites excluding steroid dienone is 2. The smallest absolute Gasteiger partial charge is 0.354 e. The van der Waals surface area contributed by atoms with Crippen molar-refractivity contribution in [2.24, 2.45) is 4.99 Å². The molecule has 2 unspecified atom stereocenters. The second-order valence-electron chi connectivity index (χ2n) is 6.63. The maximum absolute atomic E-state index is 12.7. The van der Waals surface area contributed by atoms with Gasteiger partial charge >= 0.3 is 11.9 Å². The number of carbonyl (C=O) groups excluding carboxylic acids is 1. The predicted molar refractivity (Wildman–Crippen MR) is 124 cm³/mol. The van der Waals surface area contributed by atoms with Crippen LogP contribution in [0.15, 0.2) is 59.1 Å². The number of halogens is 2. The number of rotatable bonds is 10. The molecule has 0 saturated carbocycles. The number of nitrogens with zero attached hydrogens (tertiary/aromatic N) is 1. The Bertz CT molecular complexity index is 853. The van der Waals surface area contributed by atoms with Gasteiger partial charge in [-0.3, -0.25) is 15.1 Å². The summed E-state index contributed by atoms with van der Waals surface area (Å²) >= 11 is 12.3. The van der Waals surface area contributed by atoms with E-state index < -0.39 is 27.9 Å². The quantitative estimate of drug-likeness (QED) is 0.343. The van der Waals surface area contributed by atoms with E-state index in [-0.39, 0.29) is 18.1 Å². The fourth-order valence-corrected chi connectivity index (χ4v) is 3.99. The Morgan fingerprint density at radius 2 is 2.10 bits per heavy atom. The molecule has 1 heterocycles. The van der Waals surface area contributed by atoms with E-state index in [1.807, 2.05) is 37.3 Å².